The molecule has 0 amide bonds. The van der Waals surface area contributed by atoms with Crippen molar-refractivity contribution in [3.8, 4) is 0 Å². The summed E-state index contributed by atoms with van der Waals surface area (Å²) >= 11 is 4.36. The van der Waals surface area contributed by atoms with Gasteiger partial charge in [0.05, 0.1) is 0 Å². The molecule has 0 saturated carbocycles. The quantitative estimate of drug-likeness (QED) is 0.491. The first kappa shape index (κ1) is 6.94. The summed E-state index contributed by atoms with van der Waals surface area (Å²) in [5.41, 5.74) is 2.79. The van der Waals surface area contributed by atoms with Crippen LogP contribution in [0.25, 0.3) is 0 Å². The third-order valence-electron chi connectivity index (χ3n) is 1.46. The van der Waals surface area contributed by atoms with Crippen LogP contribution in [-0.2, 0) is 0 Å². The fourth-order valence-electron chi connectivity index (χ4n) is 1.19. The molecule has 50 valence electrons. The van der Waals surface area contributed by atoms with Crippen molar-refractivity contribution in [3.63, 3.8) is 0 Å². The standard InChI is InChI=1S/C8H12S/c1-6-3-7(2)5-8(9)4-6/h3-4,8-9H,5H2,1-2H3. The van der Waals surface area contributed by atoms with Crippen LogP contribution in [0.2, 0.25) is 0 Å². The van der Waals surface area contributed by atoms with Gasteiger partial charge in [0, 0.05) is 5.25 Å². The fourth-order valence-corrected chi connectivity index (χ4v) is 1.71. The Labute approximate surface area is 62.1 Å². The van der Waals surface area contributed by atoms with Crippen LogP contribution in [-0.4, -0.2) is 5.25 Å². The summed E-state index contributed by atoms with van der Waals surface area (Å²) in [7, 11) is 0. The maximum Gasteiger partial charge on any atom is 0.0239 e. The second kappa shape index (κ2) is 2.61. The van der Waals surface area contributed by atoms with E-state index in [2.05, 4.69) is 38.6 Å². The first-order chi connectivity index (χ1) is 4.18. The zero-order valence-corrected chi connectivity index (χ0v) is 6.78. The number of thiol groups is 1. The first-order valence-corrected chi connectivity index (χ1v) is 3.74. The molecule has 0 heterocycles. The Kier molecular flexibility index (Phi) is 2.01. The van der Waals surface area contributed by atoms with Gasteiger partial charge in [0.15, 0.2) is 0 Å². The van der Waals surface area contributed by atoms with Crippen LogP contribution in [0.1, 0.15) is 20.3 Å². The summed E-state index contributed by atoms with van der Waals surface area (Å²) in [6.07, 6.45) is 5.52. The van der Waals surface area contributed by atoms with Gasteiger partial charge in [-0.1, -0.05) is 23.3 Å². The molecule has 0 N–H and O–H groups in total. The highest BCUT2D eigenvalue weighted by Gasteiger charge is 2.04. The minimum atomic E-state index is 0.454. The van der Waals surface area contributed by atoms with Gasteiger partial charge in [0.1, 0.15) is 0 Å². The lowest BCUT2D eigenvalue weighted by Crippen LogP contribution is -2.00. The number of allylic oxidation sites excluding steroid dienone is 3. The molecule has 0 radical (unpaired) electrons. The van der Waals surface area contributed by atoms with E-state index in [0.29, 0.717) is 5.25 Å². The molecule has 1 unspecified atom stereocenters. The van der Waals surface area contributed by atoms with Crippen molar-refractivity contribution in [2.24, 2.45) is 0 Å². The monoisotopic (exact) mass is 140 g/mol. The molecule has 0 bridgehead atoms. The molecule has 0 spiro atoms. The second-order valence-corrected chi connectivity index (χ2v) is 3.34. The molecular weight excluding hydrogens is 128 g/mol. The topological polar surface area (TPSA) is 0 Å². The maximum absolute atomic E-state index is 4.36. The molecule has 0 fully saturated rings. The Morgan fingerprint density at radius 2 is 2.22 bits per heavy atom. The predicted octanol–water partition coefficient (Wildman–Crippen LogP) is 2.58. The van der Waals surface area contributed by atoms with Gasteiger partial charge in [0.25, 0.3) is 0 Å². The molecule has 0 aromatic rings. The summed E-state index contributed by atoms with van der Waals surface area (Å²) < 4.78 is 0. The average Bonchev–Trinajstić information content (AvgIpc) is 1.59. The Balaban J connectivity index is 2.74. The van der Waals surface area contributed by atoms with Gasteiger partial charge in [-0.15, -0.1) is 0 Å². The lowest BCUT2D eigenvalue weighted by atomic mass is 10.0. The Hall–Kier alpha value is -0.170. The van der Waals surface area contributed by atoms with Crippen LogP contribution in [0.4, 0.5) is 0 Å². The zero-order chi connectivity index (χ0) is 6.85. The van der Waals surface area contributed by atoms with E-state index >= 15 is 0 Å². The van der Waals surface area contributed by atoms with E-state index in [-0.39, 0.29) is 0 Å². The smallest absolute Gasteiger partial charge is 0.0239 e. The molecule has 1 aliphatic rings. The van der Waals surface area contributed by atoms with Crippen molar-refractivity contribution in [1.29, 1.82) is 0 Å². The van der Waals surface area contributed by atoms with Crippen LogP contribution >= 0.6 is 12.6 Å². The number of rotatable bonds is 0. The molecular formula is C8H12S. The van der Waals surface area contributed by atoms with Crippen molar-refractivity contribution in [2.75, 3.05) is 0 Å². The van der Waals surface area contributed by atoms with Crippen molar-refractivity contribution < 1.29 is 0 Å². The van der Waals surface area contributed by atoms with Crippen LogP contribution in [0, 0.1) is 0 Å². The van der Waals surface area contributed by atoms with Gasteiger partial charge in [-0.25, -0.2) is 0 Å². The fraction of sp³-hybridized carbons (Fsp3) is 0.500. The van der Waals surface area contributed by atoms with Gasteiger partial charge in [-0.2, -0.15) is 12.6 Å². The molecule has 0 saturated heterocycles. The zero-order valence-electron chi connectivity index (χ0n) is 5.89. The summed E-state index contributed by atoms with van der Waals surface area (Å²) in [4.78, 5) is 0. The highest BCUT2D eigenvalue weighted by Crippen LogP contribution is 2.19. The molecule has 1 atom stereocenters. The minimum absolute atomic E-state index is 0.454. The minimum Gasteiger partial charge on any atom is -0.171 e. The normalized spacial score (nSPS) is 27.2. The number of hydrogen-bond acceptors (Lipinski definition) is 1. The molecule has 9 heavy (non-hydrogen) atoms. The summed E-state index contributed by atoms with van der Waals surface area (Å²) in [6, 6.07) is 0. The van der Waals surface area contributed by atoms with E-state index in [1.165, 1.54) is 11.1 Å². The van der Waals surface area contributed by atoms with Gasteiger partial charge < -0.3 is 0 Å². The Bertz CT molecular complexity index is 165. The molecule has 0 nitrogen and oxygen atoms in total. The first-order valence-electron chi connectivity index (χ1n) is 3.22. The van der Waals surface area contributed by atoms with E-state index in [1.54, 1.807) is 0 Å². The van der Waals surface area contributed by atoms with Gasteiger partial charge in [0.2, 0.25) is 0 Å². The van der Waals surface area contributed by atoms with E-state index in [1.807, 2.05) is 0 Å². The SMILES string of the molecule is CC1=CC(S)CC(C)=C1. The van der Waals surface area contributed by atoms with Gasteiger partial charge in [-0.3, -0.25) is 0 Å². The molecule has 1 heteroatoms. The molecule has 0 aromatic heterocycles. The van der Waals surface area contributed by atoms with Crippen molar-refractivity contribution in [1.82, 2.24) is 0 Å². The summed E-state index contributed by atoms with van der Waals surface area (Å²) in [5.74, 6) is 0. The van der Waals surface area contributed by atoms with Crippen LogP contribution < -0.4 is 0 Å². The van der Waals surface area contributed by atoms with Crippen LogP contribution in [0.15, 0.2) is 23.3 Å². The van der Waals surface area contributed by atoms with Gasteiger partial charge in [-0.05, 0) is 20.3 Å². The van der Waals surface area contributed by atoms with Gasteiger partial charge >= 0.3 is 0 Å². The Morgan fingerprint density at radius 1 is 1.56 bits per heavy atom. The Morgan fingerprint density at radius 3 is 2.67 bits per heavy atom. The van der Waals surface area contributed by atoms with E-state index < -0.39 is 0 Å². The van der Waals surface area contributed by atoms with E-state index in [0.717, 1.165) is 6.42 Å². The highest BCUT2D eigenvalue weighted by atomic mass is 32.1. The largest absolute Gasteiger partial charge is 0.171 e. The third kappa shape index (κ3) is 1.90. The van der Waals surface area contributed by atoms with Crippen molar-refractivity contribution in [3.05, 3.63) is 23.3 Å². The molecule has 0 aliphatic heterocycles. The molecule has 0 aromatic carbocycles. The molecule has 1 aliphatic carbocycles. The van der Waals surface area contributed by atoms with Crippen molar-refractivity contribution in [2.45, 2.75) is 25.5 Å². The average molecular weight is 140 g/mol. The lowest BCUT2D eigenvalue weighted by molar-refractivity contribution is 0.968. The second-order valence-electron chi connectivity index (χ2n) is 2.67. The molecule has 1 rings (SSSR count). The van der Waals surface area contributed by atoms with Crippen LogP contribution in [0.3, 0.4) is 0 Å². The third-order valence-corrected chi connectivity index (χ3v) is 1.79. The highest BCUT2D eigenvalue weighted by molar-refractivity contribution is 7.81. The predicted molar refractivity (Wildman–Crippen MR) is 44.9 cm³/mol. The van der Waals surface area contributed by atoms with Crippen molar-refractivity contribution >= 4 is 12.6 Å². The lowest BCUT2D eigenvalue weighted by Gasteiger charge is -2.12. The van der Waals surface area contributed by atoms with Crippen LogP contribution in [0.5, 0.6) is 0 Å². The van der Waals surface area contributed by atoms with E-state index in [4.69, 9.17) is 0 Å². The maximum atomic E-state index is 4.36. The van der Waals surface area contributed by atoms with E-state index in [9.17, 15) is 0 Å². The summed E-state index contributed by atoms with van der Waals surface area (Å²) in [6.45, 7) is 4.27. The number of hydrogen-bond donors (Lipinski definition) is 1. The summed E-state index contributed by atoms with van der Waals surface area (Å²) in [5, 5.41) is 0.454.